The summed E-state index contributed by atoms with van der Waals surface area (Å²) >= 11 is 0. The Labute approximate surface area is 132 Å². The van der Waals surface area contributed by atoms with Crippen molar-refractivity contribution in [3.63, 3.8) is 0 Å². The number of aromatic nitrogens is 2. The summed E-state index contributed by atoms with van der Waals surface area (Å²) in [6.45, 7) is 6.19. The van der Waals surface area contributed by atoms with Crippen LogP contribution in [0.2, 0.25) is 0 Å². The van der Waals surface area contributed by atoms with E-state index >= 15 is 0 Å². The topological polar surface area (TPSA) is 47.4 Å². The maximum atomic E-state index is 12.7. The van der Waals surface area contributed by atoms with Crippen molar-refractivity contribution in [2.75, 3.05) is 6.61 Å². The summed E-state index contributed by atoms with van der Waals surface area (Å²) in [6.07, 6.45) is 6.16. The normalized spacial score (nSPS) is 27.8. The molecule has 1 saturated carbocycles. The zero-order chi connectivity index (χ0) is 15.9. The number of likely N-dealkylation sites (tertiary alicyclic amines) is 1. The van der Waals surface area contributed by atoms with E-state index in [9.17, 15) is 4.79 Å². The van der Waals surface area contributed by atoms with Crippen molar-refractivity contribution < 1.29 is 9.53 Å². The Morgan fingerprint density at radius 2 is 2.05 bits per heavy atom. The molecule has 2 fully saturated rings. The van der Waals surface area contributed by atoms with Crippen molar-refractivity contribution in [1.29, 1.82) is 0 Å². The van der Waals surface area contributed by atoms with E-state index in [4.69, 9.17) is 4.74 Å². The van der Waals surface area contributed by atoms with Crippen LogP contribution in [0.5, 0.6) is 5.75 Å². The molecule has 0 spiro atoms. The highest BCUT2D eigenvalue weighted by Gasteiger charge is 2.42. The van der Waals surface area contributed by atoms with Gasteiger partial charge in [0, 0.05) is 19.1 Å². The quantitative estimate of drug-likeness (QED) is 0.862. The Kier molecular flexibility index (Phi) is 4.15. The first kappa shape index (κ1) is 15.4. The van der Waals surface area contributed by atoms with Crippen molar-refractivity contribution >= 4 is 5.91 Å². The van der Waals surface area contributed by atoms with Crippen molar-refractivity contribution in [1.82, 2.24) is 14.7 Å². The van der Waals surface area contributed by atoms with Crippen LogP contribution >= 0.6 is 0 Å². The van der Waals surface area contributed by atoms with Gasteiger partial charge in [0.25, 0.3) is 5.91 Å². The molecule has 1 saturated heterocycles. The highest BCUT2D eigenvalue weighted by Crippen LogP contribution is 2.39. The molecule has 22 heavy (non-hydrogen) atoms. The Bertz CT molecular complexity index is 566. The van der Waals surface area contributed by atoms with Crippen LogP contribution in [0.25, 0.3) is 0 Å². The van der Waals surface area contributed by atoms with Gasteiger partial charge >= 0.3 is 0 Å². The average Bonchev–Trinajstić information content (AvgIpc) is 2.93. The Hall–Kier alpha value is -1.52. The second-order valence-corrected chi connectivity index (χ2v) is 6.91. The van der Waals surface area contributed by atoms with Crippen LogP contribution in [-0.2, 0) is 11.8 Å². The summed E-state index contributed by atoms with van der Waals surface area (Å²) < 4.78 is 7.61. The lowest BCUT2D eigenvalue weighted by molar-refractivity contribution is -0.136. The maximum Gasteiger partial charge on any atom is 0.261 e. The molecule has 5 heteroatoms. The fraction of sp³-hybridized carbons (Fsp3) is 0.765. The lowest BCUT2D eigenvalue weighted by atomic mass is 9.85. The summed E-state index contributed by atoms with van der Waals surface area (Å²) in [6, 6.07) is 0.788. The first-order chi connectivity index (χ1) is 10.5. The van der Waals surface area contributed by atoms with Crippen LogP contribution < -0.4 is 4.74 Å². The van der Waals surface area contributed by atoms with Crippen molar-refractivity contribution in [2.45, 2.75) is 65.0 Å². The molecule has 3 unspecified atom stereocenters. The van der Waals surface area contributed by atoms with E-state index < -0.39 is 0 Å². The largest absolute Gasteiger partial charge is 0.480 e. The Morgan fingerprint density at radius 3 is 2.73 bits per heavy atom. The zero-order valence-electron chi connectivity index (χ0n) is 14.1. The molecule has 3 atom stereocenters. The summed E-state index contributed by atoms with van der Waals surface area (Å²) in [5.74, 6) is 1.59. The van der Waals surface area contributed by atoms with Gasteiger partial charge in [-0.1, -0.05) is 12.8 Å². The number of hydrogen-bond acceptors (Lipinski definition) is 3. The summed E-state index contributed by atoms with van der Waals surface area (Å²) in [4.78, 5) is 14.8. The van der Waals surface area contributed by atoms with Gasteiger partial charge in [0.05, 0.1) is 5.69 Å². The molecule has 2 heterocycles. The van der Waals surface area contributed by atoms with E-state index in [0.29, 0.717) is 18.0 Å². The predicted octanol–water partition coefficient (Wildman–Crippen LogP) is 2.60. The van der Waals surface area contributed by atoms with E-state index in [2.05, 4.69) is 16.9 Å². The average molecular weight is 305 g/mol. The SMILES string of the molecule is Cc1nn(C)c(C)c1OCC(=O)N1C(C)CC2CCCCC21. The van der Waals surface area contributed by atoms with Gasteiger partial charge in [-0.15, -0.1) is 0 Å². The van der Waals surface area contributed by atoms with Gasteiger partial charge in [-0.25, -0.2) is 0 Å². The summed E-state index contributed by atoms with van der Waals surface area (Å²) in [7, 11) is 1.90. The molecule has 1 aromatic heterocycles. The molecule has 3 rings (SSSR count). The molecule has 0 bridgehead atoms. The molecule has 2 aliphatic rings. The molecular weight excluding hydrogens is 278 g/mol. The minimum Gasteiger partial charge on any atom is -0.480 e. The van der Waals surface area contributed by atoms with E-state index in [0.717, 1.165) is 30.0 Å². The van der Waals surface area contributed by atoms with E-state index in [1.807, 2.05) is 20.9 Å². The molecule has 1 aliphatic heterocycles. The zero-order valence-corrected chi connectivity index (χ0v) is 14.1. The molecular formula is C17H27N3O2. The monoisotopic (exact) mass is 305 g/mol. The van der Waals surface area contributed by atoms with Gasteiger partial charge in [-0.05, 0) is 46.0 Å². The highest BCUT2D eigenvalue weighted by molar-refractivity contribution is 5.79. The van der Waals surface area contributed by atoms with Gasteiger partial charge in [-0.2, -0.15) is 5.10 Å². The molecule has 1 aromatic rings. The van der Waals surface area contributed by atoms with Crippen molar-refractivity contribution in [3.05, 3.63) is 11.4 Å². The van der Waals surface area contributed by atoms with Gasteiger partial charge in [0.1, 0.15) is 5.69 Å². The van der Waals surface area contributed by atoms with Crippen LogP contribution in [0.15, 0.2) is 0 Å². The number of rotatable bonds is 3. The van der Waals surface area contributed by atoms with Crippen LogP contribution in [0.1, 0.15) is 50.4 Å². The number of ether oxygens (including phenoxy) is 1. The Morgan fingerprint density at radius 1 is 1.32 bits per heavy atom. The lowest BCUT2D eigenvalue weighted by Crippen LogP contribution is -2.44. The van der Waals surface area contributed by atoms with Gasteiger partial charge in [-0.3, -0.25) is 9.48 Å². The van der Waals surface area contributed by atoms with Crippen molar-refractivity contribution in [2.24, 2.45) is 13.0 Å². The second kappa shape index (κ2) is 5.94. The van der Waals surface area contributed by atoms with Crippen LogP contribution in [0.3, 0.4) is 0 Å². The van der Waals surface area contributed by atoms with E-state index in [1.165, 1.54) is 19.3 Å². The third kappa shape index (κ3) is 2.61. The first-order valence-electron chi connectivity index (χ1n) is 8.43. The highest BCUT2D eigenvalue weighted by atomic mass is 16.5. The Balaban J connectivity index is 1.66. The van der Waals surface area contributed by atoms with Crippen molar-refractivity contribution in [3.8, 4) is 5.75 Å². The maximum absolute atomic E-state index is 12.7. The molecule has 122 valence electrons. The number of hydrogen-bond donors (Lipinski definition) is 0. The standard InChI is InChI=1S/C17H27N3O2/c1-11-9-14-7-5-6-8-15(14)20(11)16(21)10-22-17-12(2)18-19(4)13(17)3/h11,14-15H,5-10H2,1-4H3. The number of nitrogens with zero attached hydrogens (tertiary/aromatic N) is 3. The summed E-state index contributed by atoms with van der Waals surface area (Å²) in [5, 5.41) is 4.33. The van der Waals surface area contributed by atoms with Gasteiger partial charge < -0.3 is 9.64 Å². The molecule has 0 aromatic carbocycles. The number of fused-ring (bicyclic) bond motifs is 1. The number of amides is 1. The molecule has 0 N–H and O–H groups in total. The number of carbonyl (C=O) groups excluding carboxylic acids is 1. The smallest absolute Gasteiger partial charge is 0.261 e. The minimum atomic E-state index is 0.126. The van der Waals surface area contributed by atoms with Gasteiger partial charge in [0.2, 0.25) is 0 Å². The van der Waals surface area contributed by atoms with Crippen LogP contribution in [0.4, 0.5) is 0 Å². The lowest BCUT2D eigenvalue weighted by Gasteiger charge is -2.33. The summed E-state index contributed by atoms with van der Waals surface area (Å²) in [5.41, 5.74) is 1.81. The van der Waals surface area contributed by atoms with Crippen LogP contribution in [-0.4, -0.2) is 39.3 Å². The first-order valence-corrected chi connectivity index (χ1v) is 8.43. The molecule has 0 radical (unpaired) electrons. The fourth-order valence-electron chi connectivity index (χ4n) is 4.31. The molecule has 1 aliphatic carbocycles. The minimum absolute atomic E-state index is 0.126. The fourth-order valence-corrected chi connectivity index (χ4v) is 4.31. The predicted molar refractivity (Wildman–Crippen MR) is 84.8 cm³/mol. The second-order valence-electron chi connectivity index (χ2n) is 6.91. The van der Waals surface area contributed by atoms with Gasteiger partial charge in [0.15, 0.2) is 12.4 Å². The third-order valence-electron chi connectivity index (χ3n) is 5.42. The number of aryl methyl sites for hydroxylation is 2. The van der Waals surface area contributed by atoms with Crippen LogP contribution in [0, 0.1) is 19.8 Å². The number of carbonyl (C=O) groups is 1. The molecule has 1 amide bonds. The van der Waals surface area contributed by atoms with E-state index in [-0.39, 0.29) is 12.5 Å². The molecule has 5 nitrogen and oxygen atoms in total. The third-order valence-corrected chi connectivity index (χ3v) is 5.42. The van der Waals surface area contributed by atoms with E-state index in [1.54, 1.807) is 4.68 Å².